The SMILES string of the molecule is CCC(C)N1CC(NC(C)C)CC1=O. The summed E-state index contributed by atoms with van der Waals surface area (Å²) in [5.74, 6) is 0.303. The zero-order valence-corrected chi connectivity index (χ0v) is 9.71. The third kappa shape index (κ3) is 2.71. The van der Waals surface area contributed by atoms with Crippen LogP contribution >= 0.6 is 0 Å². The van der Waals surface area contributed by atoms with Crippen molar-refractivity contribution in [1.29, 1.82) is 0 Å². The maximum atomic E-state index is 11.7. The zero-order valence-electron chi connectivity index (χ0n) is 9.71. The Bertz CT molecular complexity index is 203. The van der Waals surface area contributed by atoms with Crippen LogP contribution in [0.1, 0.15) is 40.5 Å². The molecule has 1 amide bonds. The number of hydrogen-bond donors (Lipinski definition) is 1. The highest BCUT2D eigenvalue weighted by atomic mass is 16.2. The predicted octanol–water partition coefficient (Wildman–Crippen LogP) is 1.38. The summed E-state index contributed by atoms with van der Waals surface area (Å²) in [7, 11) is 0. The van der Waals surface area contributed by atoms with Gasteiger partial charge < -0.3 is 10.2 Å². The highest BCUT2D eigenvalue weighted by molar-refractivity contribution is 5.79. The third-order valence-corrected chi connectivity index (χ3v) is 2.85. The number of carbonyl (C=O) groups is 1. The number of nitrogens with one attached hydrogen (secondary N) is 1. The summed E-state index contributed by atoms with van der Waals surface area (Å²) in [6.45, 7) is 9.37. The fourth-order valence-corrected chi connectivity index (χ4v) is 1.96. The Balaban J connectivity index is 2.47. The first-order valence-electron chi connectivity index (χ1n) is 5.60. The summed E-state index contributed by atoms with van der Waals surface area (Å²) in [5, 5.41) is 3.42. The lowest BCUT2D eigenvalue weighted by molar-refractivity contribution is -0.129. The minimum absolute atomic E-state index is 0.303. The first-order valence-corrected chi connectivity index (χ1v) is 5.60. The molecule has 3 nitrogen and oxygen atoms in total. The predicted molar refractivity (Wildman–Crippen MR) is 58.1 cm³/mol. The van der Waals surface area contributed by atoms with Gasteiger partial charge in [0.2, 0.25) is 5.91 Å². The van der Waals surface area contributed by atoms with Gasteiger partial charge in [-0.05, 0) is 13.3 Å². The van der Waals surface area contributed by atoms with Gasteiger partial charge in [-0.15, -0.1) is 0 Å². The second-order valence-corrected chi connectivity index (χ2v) is 4.53. The molecule has 82 valence electrons. The maximum absolute atomic E-state index is 11.7. The Kier molecular flexibility index (Phi) is 3.93. The number of likely N-dealkylation sites (tertiary alicyclic amines) is 1. The number of amides is 1. The number of carbonyl (C=O) groups excluding carboxylic acids is 1. The molecule has 0 aliphatic carbocycles. The van der Waals surface area contributed by atoms with Crippen LogP contribution in [-0.2, 0) is 4.79 Å². The van der Waals surface area contributed by atoms with Gasteiger partial charge >= 0.3 is 0 Å². The van der Waals surface area contributed by atoms with E-state index in [1.165, 1.54) is 0 Å². The molecule has 0 spiro atoms. The molecule has 1 fully saturated rings. The first kappa shape index (κ1) is 11.5. The average Bonchev–Trinajstić information content (AvgIpc) is 2.44. The van der Waals surface area contributed by atoms with Gasteiger partial charge in [0, 0.05) is 31.1 Å². The van der Waals surface area contributed by atoms with Crippen LogP contribution in [0.25, 0.3) is 0 Å². The Morgan fingerprint density at radius 2 is 2.14 bits per heavy atom. The Labute approximate surface area is 86.9 Å². The molecule has 0 aromatic carbocycles. The van der Waals surface area contributed by atoms with Gasteiger partial charge in [0.15, 0.2) is 0 Å². The summed E-state index contributed by atoms with van der Waals surface area (Å²) in [4.78, 5) is 13.7. The van der Waals surface area contributed by atoms with Crippen molar-refractivity contribution in [2.24, 2.45) is 0 Å². The molecule has 14 heavy (non-hydrogen) atoms. The Hall–Kier alpha value is -0.570. The number of hydrogen-bond acceptors (Lipinski definition) is 2. The van der Waals surface area contributed by atoms with Gasteiger partial charge in [-0.25, -0.2) is 0 Å². The zero-order chi connectivity index (χ0) is 10.7. The molecule has 0 aromatic heterocycles. The second kappa shape index (κ2) is 4.78. The van der Waals surface area contributed by atoms with Crippen molar-refractivity contribution in [3.63, 3.8) is 0 Å². The lowest BCUT2D eigenvalue weighted by atomic mass is 10.2. The molecule has 1 aliphatic heterocycles. The van der Waals surface area contributed by atoms with Gasteiger partial charge in [0.25, 0.3) is 0 Å². The molecule has 1 N–H and O–H groups in total. The minimum atomic E-state index is 0.303. The number of nitrogens with zero attached hydrogens (tertiary/aromatic N) is 1. The minimum Gasteiger partial charge on any atom is -0.338 e. The fourth-order valence-electron chi connectivity index (χ4n) is 1.96. The van der Waals surface area contributed by atoms with Crippen LogP contribution in [0.3, 0.4) is 0 Å². The molecule has 2 unspecified atom stereocenters. The van der Waals surface area contributed by atoms with E-state index in [0.717, 1.165) is 13.0 Å². The Morgan fingerprint density at radius 3 is 2.64 bits per heavy atom. The van der Waals surface area contributed by atoms with Crippen LogP contribution in [0.15, 0.2) is 0 Å². The molecule has 1 rings (SSSR count). The van der Waals surface area contributed by atoms with Crippen LogP contribution in [-0.4, -0.2) is 35.5 Å². The monoisotopic (exact) mass is 198 g/mol. The van der Waals surface area contributed by atoms with Gasteiger partial charge in [-0.3, -0.25) is 4.79 Å². The van der Waals surface area contributed by atoms with Crippen molar-refractivity contribution >= 4 is 5.91 Å². The van der Waals surface area contributed by atoms with Crippen LogP contribution in [0.2, 0.25) is 0 Å². The van der Waals surface area contributed by atoms with E-state index in [-0.39, 0.29) is 0 Å². The quantitative estimate of drug-likeness (QED) is 0.740. The highest BCUT2D eigenvalue weighted by Gasteiger charge is 2.31. The Morgan fingerprint density at radius 1 is 1.50 bits per heavy atom. The highest BCUT2D eigenvalue weighted by Crippen LogP contribution is 2.16. The lowest BCUT2D eigenvalue weighted by Gasteiger charge is -2.24. The van der Waals surface area contributed by atoms with Crippen molar-refractivity contribution in [2.75, 3.05) is 6.54 Å². The van der Waals surface area contributed by atoms with Crippen LogP contribution < -0.4 is 5.32 Å². The summed E-state index contributed by atoms with van der Waals surface area (Å²) in [6, 6.07) is 1.21. The second-order valence-electron chi connectivity index (χ2n) is 4.53. The molecule has 0 aromatic rings. The summed E-state index contributed by atoms with van der Waals surface area (Å²) in [6.07, 6.45) is 1.71. The summed E-state index contributed by atoms with van der Waals surface area (Å²) >= 11 is 0. The normalized spacial score (nSPS) is 24.8. The van der Waals surface area contributed by atoms with Crippen molar-refractivity contribution in [1.82, 2.24) is 10.2 Å². The number of rotatable bonds is 4. The molecular formula is C11H22N2O. The van der Waals surface area contributed by atoms with Gasteiger partial charge in [0.1, 0.15) is 0 Å². The van der Waals surface area contributed by atoms with E-state index >= 15 is 0 Å². The van der Waals surface area contributed by atoms with Crippen molar-refractivity contribution in [3.05, 3.63) is 0 Å². The van der Waals surface area contributed by atoms with E-state index in [0.29, 0.717) is 30.5 Å². The summed E-state index contributed by atoms with van der Waals surface area (Å²) < 4.78 is 0. The van der Waals surface area contributed by atoms with E-state index in [1.807, 2.05) is 4.90 Å². The molecule has 1 saturated heterocycles. The molecule has 0 radical (unpaired) electrons. The average molecular weight is 198 g/mol. The van der Waals surface area contributed by atoms with Crippen molar-refractivity contribution in [2.45, 2.75) is 58.7 Å². The van der Waals surface area contributed by atoms with Gasteiger partial charge in [-0.2, -0.15) is 0 Å². The third-order valence-electron chi connectivity index (χ3n) is 2.85. The van der Waals surface area contributed by atoms with E-state index in [1.54, 1.807) is 0 Å². The topological polar surface area (TPSA) is 32.3 Å². The van der Waals surface area contributed by atoms with E-state index in [9.17, 15) is 4.79 Å². The lowest BCUT2D eigenvalue weighted by Crippen LogP contribution is -2.39. The first-order chi connectivity index (χ1) is 6.54. The van der Waals surface area contributed by atoms with E-state index in [2.05, 4.69) is 33.0 Å². The fraction of sp³-hybridized carbons (Fsp3) is 0.909. The molecule has 1 heterocycles. The van der Waals surface area contributed by atoms with E-state index < -0.39 is 0 Å². The molecule has 0 saturated carbocycles. The standard InChI is InChI=1S/C11H22N2O/c1-5-9(4)13-7-10(6-11(13)14)12-8(2)3/h8-10,12H,5-7H2,1-4H3. The largest absolute Gasteiger partial charge is 0.338 e. The maximum Gasteiger partial charge on any atom is 0.224 e. The van der Waals surface area contributed by atoms with Gasteiger partial charge in [-0.1, -0.05) is 20.8 Å². The summed E-state index contributed by atoms with van der Waals surface area (Å²) in [5.41, 5.74) is 0. The van der Waals surface area contributed by atoms with Crippen LogP contribution in [0.4, 0.5) is 0 Å². The van der Waals surface area contributed by atoms with Gasteiger partial charge in [0.05, 0.1) is 0 Å². The van der Waals surface area contributed by atoms with Crippen molar-refractivity contribution < 1.29 is 4.79 Å². The van der Waals surface area contributed by atoms with Crippen LogP contribution in [0, 0.1) is 0 Å². The molecule has 3 heteroatoms. The molecule has 2 atom stereocenters. The van der Waals surface area contributed by atoms with E-state index in [4.69, 9.17) is 0 Å². The molecule has 1 aliphatic rings. The smallest absolute Gasteiger partial charge is 0.224 e. The van der Waals surface area contributed by atoms with Crippen molar-refractivity contribution in [3.8, 4) is 0 Å². The molecular weight excluding hydrogens is 176 g/mol. The molecule has 0 bridgehead atoms. The van der Waals surface area contributed by atoms with Crippen LogP contribution in [0.5, 0.6) is 0 Å².